The smallest absolute Gasteiger partial charge is 0.0934 e. The maximum atomic E-state index is 12.5. The first-order valence-corrected chi connectivity index (χ1v) is 14.4. The maximum absolute atomic E-state index is 12.5. The van der Waals surface area contributed by atoms with E-state index in [0.29, 0.717) is 6.42 Å². The quantitative estimate of drug-likeness (QED) is 0.359. The molecule has 0 radical (unpaired) electrons. The topological polar surface area (TPSA) is 0 Å². The van der Waals surface area contributed by atoms with Crippen molar-refractivity contribution in [2.24, 2.45) is 35.5 Å². The molecule has 3 saturated carbocycles. The van der Waals surface area contributed by atoms with Gasteiger partial charge < -0.3 is 0 Å². The minimum Gasteiger partial charge on any atom is -0.251 e. The largest absolute Gasteiger partial charge is 0.251 e. The summed E-state index contributed by atoms with van der Waals surface area (Å²) in [5.74, 6) is 6.22. The highest BCUT2D eigenvalue weighted by Gasteiger charge is 2.34. The van der Waals surface area contributed by atoms with E-state index in [1.165, 1.54) is 69.8 Å². The van der Waals surface area contributed by atoms with E-state index in [9.17, 15) is 4.39 Å². The number of hydrogen-bond acceptors (Lipinski definition) is 0. The Balaban J connectivity index is 1.12. The lowest BCUT2D eigenvalue weighted by molar-refractivity contribution is 0.102. The zero-order valence-electron chi connectivity index (χ0n) is 20.9. The number of rotatable bonds is 9. The van der Waals surface area contributed by atoms with Crippen molar-refractivity contribution in [1.82, 2.24) is 0 Å². The maximum Gasteiger partial charge on any atom is 0.0934 e. The molecule has 0 unspecified atom stereocenters. The summed E-state index contributed by atoms with van der Waals surface area (Å²) in [5, 5.41) is 0. The van der Waals surface area contributed by atoms with Crippen molar-refractivity contribution < 1.29 is 4.39 Å². The van der Waals surface area contributed by atoms with E-state index in [1.54, 1.807) is 38.5 Å². The molecule has 0 nitrogen and oxygen atoms in total. The van der Waals surface area contributed by atoms with Crippen molar-refractivity contribution in [2.75, 3.05) is 6.67 Å². The standard InChI is InChI=1S/C31H49F/c1-2-3-24-10-14-28(15-11-24)30-18-20-31(21-19-30)29-16-12-26(13-17-29)5-4-25-6-8-27(9-7-25)22-23-32/h6-9,24,26,28-31H,2-5,10-23H2,1H3. The molecule has 1 heteroatoms. The predicted octanol–water partition coefficient (Wildman–Crippen LogP) is 9.35. The third kappa shape index (κ3) is 6.83. The van der Waals surface area contributed by atoms with Crippen LogP contribution in [0.5, 0.6) is 0 Å². The van der Waals surface area contributed by atoms with Crippen LogP contribution in [-0.2, 0) is 12.8 Å². The Morgan fingerprint density at radius 1 is 0.562 bits per heavy atom. The van der Waals surface area contributed by atoms with Gasteiger partial charge in [-0.1, -0.05) is 69.7 Å². The van der Waals surface area contributed by atoms with Gasteiger partial charge in [0.05, 0.1) is 6.67 Å². The van der Waals surface area contributed by atoms with Crippen LogP contribution < -0.4 is 0 Å². The second-order valence-electron chi connectivity index (χ2n) is 11.8. The van der Waals surface area contributed by atoms with Gasteiger partial charge in [-0.25, -0.2) is 0 Å². The predicted molar refractivity (Wildman–Crippen MR) is 136 cm³/mol. The Labute approximate surface area is 198 Å². The fourth-order valence-corrected chi connectivity index (χ4v) is 7.75. The zero-order chi connectivity index (χ0) is 22.2. The molecule has 0 N–H and O–H groups in total. The second kappa shape index (κ2) is 12.6. The van der Waals surface area contributed by atoms with Gasteiger partial charge in [0.15, 0.2) is 0 Å². The molecule has 180 valence electrons. The third-order valence-corrected chi connectivity index (χ3v) is 9.88. The minimum absolute atomic E-state index is 0.246. The SMILES string of the molecule is CCCC1CCC(C2CCC(C3CCC(CCc4ccc(CCF)cc4)CC3)CC2)CC1. The van der Waals surface area contributed by atoms with Crippen molar-refractivity contribution in [1.29, 1.82) is 0 Å². The Hall–Kier alpha value is -0.850. The summed E-state index contributed by atoms with van der Waals surface area (Å²) in [6.07, 6.45) is 24.2. The van der Waals surface area contributed by atoms with Crippen molar-refractivity contribution >= 4 is 0 Å². The van der Waals surface area contributed by atoms with Gasteiger partial charge in [-0.3, -0.25) is 4.39 Å². The van der Waals surface area contributed by atoms with Crippen molar-refractivity contribution in [3.63, 3.8) is 0 Å². The molecule has 0 atom stereocenters. The van der Waals surface area contributed by atoms with Crippen LogP contribution in [0.2, 0.25) is 0 Å². The van der Waals surface area contributed by atoms with Crippen LogP contribution in [0, 0.1) is 35.5 Å². The molecule has 0 saturated heterocycles. The van der Waals surface area contributed by atoms with Crippen LogP contribution in [-0.4, -0.2) is 6.67 Å². The van der Waals surface area contributed by atoms with Gasteiger partial charge in [0, 0.05) is 6.42 Å². The van der Waals surface area contributed by atoms with E-state index in [0.717, 1.165) is 41.1 Å². The first kappa shape index (κ1) is 24.3. The fourth-order valence-electron chi connectivity index (χ4n) is 7.75. The summed E-state index contributed by atoms with van der Waals surface area (Å²) in [5.41, 5.74) is 2.58. The Bertz CT molecular complexity index is 625. The van der Waals surface area contributed by atoms with E-state index >= 15 is 0 Å². The summed E-state index contributed by atoms with van der Waals surface area (Å²) in [6, 6.07) is 8.70. The van der Waals surface area contributed by atoms with Gasteiger partial charge in [0.25, 0.3) is 0 Å². The minimum atomic E-state index is -0.246. The van der Waals surface area contributed by atoms with Gasteiger partial charge in [-0.15, -0.1) is 0 Å². The van der Waals surface area contributed by atoms with Crippen molar-refractivity contribution in [3.05, 3.63) is 35.4 Å². The summed E-state index contributed by atoms with van der Waals surface area (Å²) in [6.45, 7) is 2.11. The molecule has 0 heterocycles. The normalized spacial score (nSPS) is 33.8. The highest BCUT2D eigenvalue weighted by Crippen LogP contribution is 2.46. The lowest BCUT2D eigenvalue weighted by Gasteiger charge is -2.41. The van der Waals surface area contributed by atoms with E-state index < -0.39 is 0 Å². The van der Waals surface area contributed by atoms with Crippen molar-refractivity contribution in [3.8, 4) is 0 Å². The number of halogens is 1. The molecule has 32 heavy (non-hydrogen) atoms. The lowest BCUT2D eigenvalue weighted by atomic mass is 9.64. The van der Waals surface area contributed by atoms with Gasteiger partial charge in [0.1, 0.15) is 0 Å². The molecule has 1 aromatic rings. The van der Waals surface area contributed by atoms with Crippen LogP contribution >= 0.6 is 0 Å². The van der Waals surface area contributed by atoms with E-state index in [4.69, 9.17) is 0 Å². The monoisotopic (exact) mass is 440 g/mol. The lowest BCUT2D eigenvalue weighted by Crippen LogP contribution is -2.29. The average Bonchev–Trinajstić information content (AvgIpc) is 2.85. The van der Waals surface area contributed by atoms with Crippen LogP contribution in [0.1, 0.15) is 114 Å². The fraction of sp³-hybridized carbons (Fsp3) is 0.806. The molecule has 0 aromatic heterocycles. The first-order chi connectivity index (χ1) is 15.7. The Morgan fingerprint density at radius 3 is 1.34 bits per heavy atom. The molecule has 0 bridgehead atoms. The molecule has 0 amide bonds. The molecule has 3 aliphatic rings. The molecule has 0 spiro atoms. The first-order valence-electron chi connectivity index (χ1n) is 14.4. The molecular weight excluding hydrogens is 391 g/mol. The van der Waals surface area contributed by atoms with E-state index in [1.807, 2.05) is 0 Å². The highest BCUT2D eigenvalue weighted by atomic mass is 19.1. The number of benzene rings is 1. The summed E-state index contributed by atoms with van der Waals surface area (Å²) in [4.78, 5) is 0. The van der Waals surface area contributed by atoms with E-state index in [-0.39, 0.29) is 6.67 Å². The van der Waals surface area contributed by atoms with Gasteiger partial charge in [-0.05, 0) is 111 Å². The van der Waals surface area contributed by atoms with Crippen LogP contribution in [0.15, 0.2) is 24.3 Å². The molecule has 1 aromatic carbocycles. The second-order valence-corrected chi connectivity index (χ2v) is 11.8. The molecule has 3 fully saturated rings. The van der Waals surface area contributed by atoms with Crippen molar-refractivity contribution in [2.45, 2.75) is 116 Å². The van der Waals surface area contributed by atoms with Crippen LogP contribution in [0.25, 0.3) is 0 Å². The summed E-state index contributed by atoms with van der Waals surface area (Å²) >= 11 is 0. The number of alkyl halides is 1. The van der Waals surface area contributed by atoms with Crippen LogP contribution in [0.4, 0.5) is 4.39 Å². The Kier molecular flexibility index (Phi) is 9.54. The summed E-state index contributed by atoms with van der Waals surface area (Å²) < 4.78 is 12.5. The van der Waals surface area contributed by atoms with E-state index in [2.05, 4.69) is 31.2 Å². The average molecular weight is 441 g/mol. The molecular formula is C31H49F. The van der Waals surface area contributed by atoms with Crippen LogP contribution in [0.3, 0.4) is 0 Å². The Morgan fingerprint density at radius 2 is 0.938 bits per heavy atom. The summed E-state index contributed by atoms with van der Waals surface area (Å²) in [7, 11) is 0. The number of hydrogen-bond donors (Lipinski definition) is 0. The number of aryl methyl sites for hydroxylation is 2. The van der Waals surface area contributed by atoms with Gasteiger partial charge in [0.2, 0.25) is 0 Å². The van der Waals surface area contributed by atoms with Gasteiger partial charge in [-0.2, -0.15) is 0 Å². The molecule has 4 rings (SSSR count). The molecule has 0 aliphatic heterocycles. The highest BCUT2D eigenvalue weighted by molar-refractivity contribution is 5.22. The van der Waals surface area contributed by atoms with Gasteiger partial charge >= 0.3 is 0 Å². The zero-order valence-corrected chi connectivity index (χ0v) is 20.9. The third-order valence-electron chi connectivity index (χ3n) is 9.88. The molecule has 3 aliphatic carbocycles.